The van der Waals surface area contributed by atoms with Gasteiger partial charge in [-0.25, -0.2) is 9.65 Å². The van der Waals surface area contributed by atoms with Crippen molar-refractivity contribution in [2.45, 2.75) is 38.3 Å². The molecule has 0 saturated heterocycles. The molecule has 2 rings (SSSR count). The number of esters is 1. The SMILES string of the molecule is C[C@H](NP(=O)(I)Oc1ccc(Br)cc1)C(=O)OC1CCC1. The lowest BCUT2D eigenvalue weighted by molar-refractivity contribution is -0.154. The largest absolute Gasteiger partial charge is 0.461 e. The summed E-state index contributed by atoms with van der Waals surface area (Å²) in [5.74, 6) is 0.0824. The van der Waals surface area contributed by atoms with Crippen LogP contribution in [0.25, 0.3) is 0 Å². The van der Waals surface area contributed by atoms with Crippen LogP contribution in [0.4, 0.5) is 0 Å². The number of hydrogen-bond acceptors (Lipinski definition) is 4. The highest BCUT2D eigenvalue weighted by molar-refractivity contribution is 14.2. The minimum absolute atomic E-state index is 0.0164. The number of carbonyl (C=O) groups excluding carboxylic acids is 1. The van der Waals surface area contributed by atoms with E-state index in [-0.39, 0.29) is 6.10 Å². The van der Waals surface area contributed by atoms with Crippen molar-refractivity contribution < 1.29 is 18.6 Å². The summed E-state index contributed by atoms with van der Waals surface area (Å²) in [6, 6.07) is 6.31. The fourth-order valence-corrected chi connectivity index (χ4v) is 4.91. The van der Waals surface area contributed by atoms with E-state index in [9.17, 15) is 9.36 Å². The summed E-state index contributed by atoms with van der Waals surface area (Å²) in [5.41, 5.74) is 0. The Kier molecular flexibility index (Phi) is 6.11. The molecular weight excluding hydrogens is 472 g/mol. The quantitative estimate of drug-likeness (QED) is 0.365. The maximum atomic E-state index is 12.4. The number of benzene rings is 1. The number of halogens is 2. The minimum atomic E-state index is -3.17. The van der Waals surface area contributed by atoms with Gasteiger partial charge in [-0.2, -0.15) is 0 Å². The molecule has 5 nitrogen and oxygen atoms in total. The lowest BCUT2D eigenvalue weighted by Gasteiger charge is -2.27. The van der Waals surface area contributed by atoms with Gasteiger partial charge in [-0.1, -0.05) is 15.9 Å². The second kappa shape index (κ2) is 7.44. The van der Waals surface area contributed by atoms with E-state index < -0.39 is 17.2 Å². The molecule has 0 aliphatic heterocycles. The molecule has 1 aliphatic carbocycles. The van der Waals surface area contributed by atoms with Gasteiger partial charge in [0.2, 0.25) is 0 Å². The van der Waals surface area contributed by atoms with Gasteiger partial charge in [-0.15, -0.1) is 0 Å². The van der Waals surface area contributed by atoms with Crippen molar-refractivity contribution in [3.05, 3.63) is 28.7 Å². The van der Waals surface area contributed by atoms with Crippen molar-refractivity contribution >= 4 is 49.1 Å². The zero-order valence-electron chi connectivity index (χ0n) is 11.4. The number of carbonyl (C=O) groups is 1. The highest BCUT2D eigenvalue weighted by atomic mass is 127. The molecule has 0 amide bonds. The summed E-state index contributed by atoms with van der Waals surface area (Å²) in [4.78, 5) is 11.9. The molecule has 2 atom stereocenters. The van der Waals surface area contributed by atoms with E-state index in [1.165, 1.54) is 0 Å². The van der Waals surface area contributed by atoms with Crippen LogP contribution in [-0.4, -0.2) is 18.1 Å². The van der Waals surface area contributed by atoms with Gasteiger partial charge in [-0.3, -0.25) is 4.79 Å². The fourth-order valence-electron chi connectivity index (χ4n) is 1.70. The first-order valence-corrected chi connectivity index (χ1v) is 11.8. The van der Waals surface area contributed by atoms with Crippen LogP contribution in [0.15, 0.2) is 28.7 Å². The second-order valence-corrected chi connectivity index (χ2v) is 11.0. The minimum Gasteiger partial charge on any atom is -0.461 e. The Morgan fingerprint density at radius 2 is 2.05 bits per heavy atom. The Balaban J connectivity index is 1.88. The third-order valence-corrected chi connectivity index (χ3v) is 6.17. The van der Waals surface area contributed by atoms with Gasteiger partial charge in [0.25, 0.3) is 0 Å². The first-order chi connectivity index (χ1) is 9.85. The lowest BCUT2D eigenvalue weighted by Crippen LogP contribution is -2.37. The molecule has 1 aromatic rings. The van der Waals surface area contributed by atoms with Crippen molar-refractivity contribution in [1.82, 2.24) is 5.09 Å². The smallest absolute Gasteiger partial charge is 0.374 e. The molecule has 1 N–H and O–H groups in total. The number of nitrogens with one attached hydrogen (secondary N) is 1. The van der Waals surface area contributed by atoms with Crippen LogP contribution >= 0.6 is 43.1 Å². The Morgan fingerprint density at radius 3 is 2.57 bits per heavy atom. The summed E-state index contributed by atoms with van der Waals surface area (Å²) in [5, 5.41) is -0.463. The summed E-state index contributed by atoms with van der Waals surface area (Å²) >= 11 is 5.01. The Hall–Kier alpha value is -0.110. The van der Waals surface area contributed by atoms with Gasteiger partial charge in [0.05, 0.1) is 22.0 Å². The van der Waals surface area contributed by atoms with Gasteiger partial charge in [0.1, 0.15) is 17.9 Å². The average molecular weight is 488 g/mol. The molecule has 8 heteroatoms. The van der Waals surface area contributed by atoms with Crippen LogP contribution < -0.4 is 9.61 Å². The van der Waals surface area contributed by atoms with Crippen LogP contribution in [0, 0.1) is 0 Å². The van der Waals surface area contributed by atoms with E-state index in [4.69, 9.17) is 9.26 Å². The van der Waals surface area contributed by atoms with Gasteiger partial charge in [0, 0.05) is 4.47 Å². The molecule has 0 aromatic heterocycles. The van der Waals surface area contributed by atoms with E-state index in [0.717, 1.165) is 23.7 Å². The van der Waals surface area contributed by atoms with E-state index in [2.05, 4.69) is 21.0 Å². The molecule has 1 saturated carbocycles. The Labute approximate surface area is 145 Å². The average Bonchev–Trinajstić information content (AvgIpc) is 2.35. The van der Waals surface area contributed by atoms with Crippen LogP contribution in [0.1, 0.15) is 26.2 Å². The van der Waals surface area contributed by atoms with Crippen molar-refractivity contribution in [2.75, 3.05) is 0 Å². The van der Waals surface area contributed by atoms with Crippen LogP contribution in [0.3, 0.4) is 0 Å². The highest BCUT2D eigenvalue weighted by Gasteiger charge is 2.30. The summed E-state index contributed by atoms with van der Waals surface area (Å²) in [6.45, 7) is 1.62. The van der Waals surface area contributed by atoms with Crippen LogP contribution in [0.5, 0.6) is 5.75 Å². The lowest BCUT2D eigenvalue weighted by atomic mass is 9.96. The van der Waals surface area contributed by atoms with E-state index >= 15 is 0 Å². The number of rotatable bonds is 6. The Morgan fingerprint density at radius 1 is 1.43 bits per heavy atom. The number of hydrogen-bond donors (Lipinski definition) is 1. The molecule has 0 spiro atoms. The first-order valence-electron chi connectivity index (χ1n) is 6.59. The molecule has 116 valence electrons. The van der Waals surface area contributed by atoms with E-state index in [1.807, 2.05) is 0 Å². The third-order valence-electron chi connectivity index (χ3n) is 3.07. The van der Waals surface area contributed by atoms with Gasteiger partial charge in [-0.05, 0) is 50.5 Å². The normalized spacial score (nSPS) is 19.2. The number of ether oxygens (including phenoxy) is 1. The van der Waals surface area contributed by atoms with Crippen molar-refractivity contribution in [3.8, 4) is 5.75 Å². The predicted molar refractivity (Wildman–Crippen MR) is 92.7 cm³/mol. The molecule has 0 heterocycles. The molecule has 1 unspecified atom stereocenters. The van der Waals surface area contributed by atoms with E-state index in [1.54, 1.807) is 53.2 Å². The van der Waals surface area contributed by atoms with Crippen molar-refractivity contribution in [1.29, 1.82) is 0 Å². The zero-order chi connectivity index (χ0) is 15.5. The van der Waals surface area contributed by atoms with Gasteiger partial charge >= 0.3 is 11.1 Å². The highest BCUT2D eigenvalue weighted by Crippen LogP contribution is 2.52. The molecule has 1 aliphatic rings. The third kappa shape index (κ3) is 5.54. The molecule has 0 radical (unpaired) electrons. The standard InChI is InChI=1S/C13H16BrINO4P/c1-9(13(17)19-11-3-2-4-11)16-21(15,18)20-12-7-5-10(14)6-8-12/h5-9,11H,2-4H2,1H3,(H,16,18)/t9-,21?/m0/s1. The molecular formula is C13H16BrINO4P. The van der Waals surface area contributed by atoms with Gasteiger partial charge < -0.3 is 9.26 Å². The maximum Gasteiger partial charge on any atom is 0.374 e. The monoisotopic (exact) mass is 487 g/mol. The summed E-state index contributed by atoms with van der Waals surface area (Å²) in [6.07, 6.45) is 2.94. The fraction of sp³-hybridized carbons (Fsp3) is 0.462. The van der Waals surface area contributed by atoms with Crippen molar-refractivity contribution in [2.24, 2.45) is 0 Å². The molecule has 0 bridgehead atoms. The summed E-state index contributed by atoms with van der Waals surface area (Å²) in [7, 11) is 0. The Bertz CT molecular complexity index is 550. The molecule has 1 aromatic carbocycles. The van der Waals surface area contributed by atoms with Crippen LogP contribution in [-0.2, 0) is 14.1 Å². The van der Waals surface area contributed by atoms with Gasteiger partial charge in [0.15, 0.2) is 0 Å². The molecule has 1 fully saturated rings. The van der Waals surface area contributed by atoms with Crippen molar-refractivity contribution in [3.63, 3.8) is 0 Å². The van der Waals surface area contributed by atoms with Crippen LogP contribution in [0.2, 0.25) is 0 Å². The summed E-state index contributed by atoms with van der Waals surface area (Å²) < 4.78 is 24.0. The molecule has 21 heavy (non-hydrogen) atoms. The van der Waals surface area contributed by atoms with E-state index in [0.29, 0.717) is 5.75 Å². The zero-order valence-corrected chi connectivity index (χ0v) is 16.1. The second-order valence-electron chi connectivity index (χ2n) is 4.87. The first kappa shape index (κ1) is 17.2. The topological polar surface area (TPSA) is 64.6 Å². The predicted octanol–water partition coefficient (Wildman–Crippen LogP) is 4.44. The maximum absolute atomic E-state index is 12.4.